The monoisotopic (exact) mass is 407 g/mol. The van der Waals surface area contributed by atoms with Gasteiger partial charge in [0, 0.05) is 18.7 Å². The van der Waals surface area contributed by atoms with E-state index in [4.69, 9.17) is 14.7 Å². The smallest absolute Gasteiger partial charge is 0.185 e. The number of aryl methyl sites for hydroxylation is 2. The third kappa shape index (κ3) is 3.22. The molecule has 0 bridgehead atoms. The zero-order chi connectivity index (χ0) is 20.7. The van der Waals surface area contributed by atoms with Crippen molar-refractivity contribution in [3.8, 4) is 17.1 Å². The van der Waals surface area contributed by atoms with E-state index in [0.717, 1.165) is 62.5 Å². The molecular formula is C22H27N6O2+. The summed E-state index contributed by atoms with van der Waals surface area (Å²) in [6, 6.07) is 7.14. The van der Waals surface area contributed by atoms with Gasteiger partial charge in [-0.2, -0.15) is 0 Å². The van der Waals surface area contributed by atoms with Gasteiger partial charge in [-0.3, -0.25) is 0 Å². The number of aromatic hydroxyl groups is 1. The normalized spacial score (nSPS) is 15.4. The fourth-order valence-corrected chi connectivity index (χ4v) is 4.38. The molecule has 4 heterocycles. The quantitative estimate of drug-likeness (QED) is 0.522. The van der Waals surface area contributed by atoms with Crippen LogP contribution < -0.4 is 4.90 Å². The van der Waals surface area contributed by atoms with Crippen molar-refractivity contribution in [3.05, 3.63) is 41.9 Å². The van der Waals surface area contributed by atoms with Crippen LogP contribution in [0.3, 0.4) is 0 Å². The van der Waals surface area contributed by atoms with Gasteiger partial charge in [-0.25, -0.2) is 14.5 Å². The van der Waals surface area contributed by atoms with Gasteiger partial charge in [0.05, 0.1) is 30.7 Å². The number of fused-ring (bicyclic) bond motifs is 3. The average Bonchev–Trinajstić information content (AvgIpc) is 3.29. The molecule has 0 aliphatic carbocycles. The highest BCUT2D eigenvalue weighted by molar-refractivity contribution is 5.94. The first kappa shape index (κ1) is 19.0. The fraction of sp³-hybridized carbons (Fsp3) is 0.409. The van der Waals surface area contributed by atoms with Crippen LogP contribution in [-0.2, 0) is 11.3 Å². The second kappa shape index (κ2) is 7.70. The molecule has 0 radical (unpaired) electrons. The lowest BCUT2D eigenvalue weighted by atomic mass is 10.2. The topological polar surface area (TPSA) is 81.9 Å². The molecule has 8 heteroatoms. The number of phenols is 1. The summed E-state index contributed by atoms with van der Waals surface area (Å²) in [6.45, 7) is 10.3. The number of ether oxygens (including phenoxy) is 1. The molecule has 3 aromatic heterocycles. The fourth-order valence-electron chi connectivity index (χ4n) is 4.38. The van der Waals surface area contributed by atoms with Crippen molar-refractivity contribution in [2.24, 2.45) is 0 Å². The standard InChI is InChI=1S/C22H26N6O2/c1-15-16(2)27(9-5-8-26-10-12-30-13-11-26)21-19(15)22-24-20(25-28(22)14-23-21)17-6-3-4-7-18(17)29/h3-4,6-7,14,29H,5,8-13H2,1-2H3/p+1. The van der Waals surface area contributed by atoms with Crippen molar-refractivity contribution in [2.45, 2.75) is 26.8 Å². The van der Waals surface area contributed by atoms with Gasteiger partial charge >= 0.3 is 0 Å². The summed E-state index contributed by atoms with van der Waals surface area (Å²) in [6.07, 6.45) is 2.82. The first-order chi connectivity index (χ1) is 14.6. The zero-order valence-corrected chi connectivity index (χ0v) is 17.4. The van der Waals surface area contributed by atoms with E-state index in [-0.39, 0.29) is 5.75 Å². The Morgan fingerprint density at radius 1 is 1.13 bits per heavy atom. The van der Waals surface area contributed by atoms with Crippen LogP contribution >= 0.6 is 0 Å². The third-order valence-electron chi connectivity index (χ3n) is 6.20. The second-order valence-electron chi connectivity index (χ2n) is 7.99. The summed E-state index contributed by atoms with van der Waals surface area (Å²) in [5, 5.41) is 15.8. The number of nitrogens with zero attached hydrogens (tertiary/aromatic N) is 5. The molecule has 30 heavy (non-hydrogen) atoms. The first-order valence-electron chi connectivity index (χ1n) is 10.5. The lowest BCUT2D eigenvalue weighted by Gasteiger charge is -2.23. The minimum absolute atomic E-state index is 0.175. The highest BCUT2D eigenvalue weighted by Crippen LogP contribution is 2.30. The van der Waals surface area contributed by atoms with E-state index in [1.165, 1.54) is 11.3 Å². The molecule has 1 aliphatic rings. The van der Waals surface area contributed by atoms with E-state index in [1.807, 2.05) is 12.1 Å². The van der Waals surface area contributed by atoms with Gasteiger partial charge in [0.1, 0.15) is 30.8 Å². The number of benzene rings is 1. The predicted molar refractivity (Wildman–Crippen MR) is 114 cm³/mol. The van der Waals surface area contributed by atoms with Crippen molar-refractivity contribution in [1.29, 1.82) is 0 Å². The van der Waals surface area contributed by atoms with E-state index in [2.05, 4.69) is 23.5 Å². The largest absolute Gasteiger partial charge is 0.507 e. The Kier molecular flexibility index (Phi) is 4.88. The van der Waals surface area contributed by atoms with E-state index < -0.39 is 0 Å². The number of aromatic nitrogens is 5. The molecule has 2 N–H and O–H groups in total. The number of hydrogen-bond acceptors (Lipinski definition) is 5. The highest BCUT2D eigenvalue weighted by Gasteiger charge is 2.20. The van der Waals surface area contributed by atoms with Gasteiger partial charge < -0.3 is 19.3 Å². The number of hydrogen-bond donors (Lipinski definition) is 2. The van der Waals surface area contributed by atoms with Crippen LogP contribution in [0.5, 0.6) is 5.75 Å². The number of morpholine rings is 1. The lowest BCUT2D eigenvalue weighted by molar-refractivity contribution is -0.908. The highest BCUT2D eigenvalue weighted by atomic mass is 16.5. The molecule has 0 unspecified atom stereocenters. The van der Waals surface area contributed by atoms with E-state index in [0.29, 0.717) is 11.4 Å². The Hall–Kier alpha value is -2.97. The molecule has 4 aromatic rings. The summed E-state index contributed by atoms with van der Waals surface area (Å²) in [5.74, 6) is 0.678. The maximum Gasteiger partial charge on any atom is 0.185 e. The van der Waals surface area contributed by atoms with Crippen molar-refractivity contribution < 1.29 is 14.7 Å². The van der Waals surface area contributed by atoms with Crippen LogP contribution in [0.15, 0.2) is 30.6 Å². The van der Waals surface area contributed by atoms with Crippen LogP contribution in [0, 0.1) is 13.8 Å². The summed E-state index contributed by atoms with van der Waals surface area (Å²) in [4.78, 5) is 11.1. The molecular weight excluding hydrogens is 380 g/mol. The Balaban J connectivity index is 1.50. The minimum atomic E-state index is 0.175. The maximum absolute atomic E-state index is 10.2. The predicted octanol–water partition coefficient (Wildman–Crippen LogP) is 1.37. The van der Waals surface area contributed by atoms with Gasteiger partial charge in [-0.05, 0) is 31.5 Å². The van der Waals surface area contributed by atoms with Gasteiger partial charge in [-0.1, -0.05) is 12.1 Å². The number of quaternary nitrogens is 1. The summed E-state index contributed by atoms with van der Waals surface area (Å²) in [5.41, 5.74) is 4.74. The van der Waals surface area contributed by atoms with Crippen LogP contribution in [0.1, 0.15) is 17.7 Å². The first-order valence-corrected chi connectivity index (χ1v) is 10.5. The summed E-state index contributed by atoms with van der Waals surface area (Å²) in [7, 11) is 0. The zero-order valence-electron chi connectivity index (χ0n) is 17.4. The average molecular weight is 407 g/mol. The van der Waals surface area contributed by atoms with Crippen LogP contribution in [0.4, 0.5) is 0 Å². The minimum Gasteiger partial charge on any atom is -0.507 e. The third-order valence-corrected chi connectivity index (χ3v) is 6.20. The second-order valence-corrected chi connectivity index (χ2v) is 7.99. The Morgan fingerprint density at radius 2 is 1.93 bits per heavy atom. The number of nitrogens with one attached hydrogen (secondary N) is 1. The molecule has 1 aliphatic heterocycles. The van der Waals surface area contributed by atoms with Gasteiger partial charge in [0.25, 0.3) is 0 Å². The molecule has 1 fully saturated rings. The molecule has 156 valence electrons. The van der Waals surface area contributed by atoms with Gasteiger partial charge in [-0.15, -0.1) is 5.10 Å². The summed E-state index contributed by atoms with van der Waals surface area (Å²) < 4.78 is 9.47. The van der Waals surface area contributed by atoms with Gasteiger partial charge in [0.2, 0.25) is 0 Å². The van der Waals surface area contributed by atoms with Crippen molar-refractivity contribution in [3.63, 3.8) is 0 Å². The van der Waals surface area contributed by atoms with Crippen LogP contribution in [-0.4, -0.2) is 62.1 Å². The number of rotatable bonds is 5. The molecule has 0 spiro atoms. The Morgan fingerprint density at radius 3 is 2.73 bits per heavy atom. The molecule has 1 aromatic carbocycles. The molecule has 0 saturated carbocycles. The molecule has 0 amide bonds. The molecule has 0 atom stereocenters. The Bertz CT molecular complexity index is 1210. The molecule has 1 saturated heterocycles. The molecule has 8 nitrogen and oxygen atoms in total. The number of phenolic OH excluding ortho intramolecular Hbond substituents is 1. The van der Waals surface area contributed by atoms with Gasteiger partial charge in [0.15, 0.2) is 11.5 Å². The Labute approximate surface area is 174 Å². The van der Waals surface area contributed by atoms with Crippen LogP contribution in [0.25, 0.3) is 28.1 Å². The number of para-hydroxylation sites is 1. The maximum atomic E-state index is 10.2. The van der Waals surface area contributed by atoms with E-state index in [9.17, 15) is 5.11 Å². The van der Waals surface area contributed by atoms with E-state index in [1.54, 1.807) is 27.9 Å². The molecule has 5 rings (SSSR count). The van der Waals surface area contributed by atoms with E-state index >= 15 is 0 Å². The lowest BCUT2D eigenvalue weighted by Crippen LogP contribution is -3.14. The SMILES string of the molecule is Cc1c(C)n(CCC[NH+]2CCOCC2)c2ncn3nc(-c4ccccc4O)nc3c12. The van der Waals surface area contributed by atoms with Crippen molar-refractivity contribution in [1.82, 2.24) is 24.1 Å². The van der Waals surface area contributed by atoms with Crippen LogP contribution in [0.2, 0.25) is 0 Å². The van der Waals surface area contributed by atoms with Crippen molar-refractivity contribution in [2.75, 3.05) is 32.8 Å². The summed E-state index contributed by atoms with van der Waals surface area (Å²) >= 11 is 0. The van der Waals surface area contributed by atoms with Crippen molar-refractivity contribution >= 4 is 16.7 Å².